The van der Waals surface area contributed by atoms with Crippen LogP contribution in [0, 0.1) is 5.92 Å². The minimum atomic E-state index is 0.831. The maximum Gasteiger partial charge on any atom is 0.180 e. The van der Waals surface area contributed by atoms with Gasteiger partial charge in [0, 0.05) is 43.1 Å². The predicted molar refractivity (Wildman–Crippen MR) is 119 cm³/mol. The predicted octanol–water partition coefficient (Wildman–Crippen LogP) is 6.12. The van der Waals surface area contributed by atoms with Crippen LogP contribution in [-0.4, -0.2) is 25.9 Å². The minimum absolute atomic E-state index is 0.831. The molecule has 3 heterocycles. The molecule has 1 saturated carbocycles. The molecule has 0 saturated heterocycles. The van der Waals surface area contributed by atoms with Crippen molar-refractivity contribution in [3.63, 3.8) is 0 Å². The number of nitrogens with one attached hydrogen (secondary N) is 1. The maximum atomic E-state index is 4.86. The molecular formula is C24H33N5. The fraction of sp³-hybridized carbons (Fsp3) is 0.542. The molecule has 0 amide bonds. The first kappa shape index (κ1) is 19.9. The van der Waals surface area contributed by atoms with Gasteiger partial charge in [-0.25, -0.2) is 9.97 Å². The van der Waals surface area contributed by atoms with Crippen molar-refractivity contribution in [3.05, 3.63) is 43.1 Å². The molecule has 154 valence electrons. The quantitative estimate of drug-likeness (QED) is 0.569. The summed E-state index contributed by atoms with van der Waals surface area (Å²) >= 11 is 0. The Bertz CT molecular complexity index is 861. The molecule has 0 aliphatic heterocycles. The van der Waals surface area contributed by atoms with Gasteiger partial charge in [0.05, 0.1) is 5.69 Å². The number of rotatable bonds is 5. The highest BCUT2D eigenvalue weighted by Gasteiger charge is 2.12. The van der Waals surface area contributed by atoms with Crippen molar-refractivity contribution < 1.29 is 0 Å². The highest BCUT2D eigenvalue weighted by Crippen LogP contribution is 2.25. The fourth-order valence-corrected chi connectivity index (χ4v) is 4.46. The molecule has 1 aliphatic carbocycles. The van der Waals surface area contributed by atoms with Crippen molar-refractivity contribution >= 4 is 11.5 Å². The lowest BCUT2D eigenvalue weighted by Crippen LogP contribution is -2.12. The summed E-state index contributed by atoms with van der Waals surface area (Å²) in [5.41, 5.74) is 2.83. The maximum absolute atomic E-state index is 4.86. The van der Waals surface area contributed by atoms with Gasteiger partial charge in [0.25, 0.3) is 0 Å². The van der Waals surface area contributed by atoms with Gasteiger partial charge in [0.1, 0.15) is 0 Å². The number of anilines is 1. The minimum Gasteiger partial charge on any atom is -0.367 e. The van der Waals surface area contributed by atoms with Crippen molar-refractivity contribution in [2.24, 2.45) is 5.92 Å². The van der Waals surface area contributed by atoms with E-state index in [9.17, 15) is 0 Å². The monoisotopic (exact) mass is 391 g/mol. The van der Waals surface area contributed by atoms with Crippen molar-refractivity contribution in [1.82, 2.24) is 19.4 Å². The average Bonchev–Trinajstić information content (AvgIpc) is 3.21. The summed E-state index contributed by atoms with van der Waals surface area (Å²) in [5.74, 6) is 1.70. The number of aromatic nitrogens is 4. The number of imidazole rings is 1. The van der Waals surface area contributed by atoms with Gasteiger partial charge in [-0.2, -0.15) is 0 Å². The zero-order valence-electron chi connectivity index (χ0n) is 17.4. The normalized spacial score (nSPS) is 17.1. The summed E-state index contributed by atoms with van der Waals surface area (Å²) < 4.78 is 2.05. The lowest BCUT2D eigenvalue weighted by atomic mass is 9.92. The van der Waals surface area contributed by atoms with E-state index in [0.717, 1.165) is 35.2 Å². The van der Waals surface area contributed by atoms with E-state index in [1.54, 1.807) is 6.20 Å². The van der Waals surface area contributed by atoms with E-state index in [1.165, 1.54) is 70.6 Å². The number of hydrogen-bond donors (Lipinski definition) is 1. The third-order valence-electron chi connectivity index (χ3n) is 6.15. The summed E-state index contributed by atoms with van der Waals surface area (Å²) in [6.45, 7) is 0.955. The summed E-state index contributed by atoms with van der Waals surface area (Å²) in [5, 5.41) is 3.59. The topological polar surface area (TPSA) is 55.1 Å². The van der Waals surface area contributed by atoms with E-state index < -0.39 is 0 Å². The van der Waals surface area contributed by atoms with Gasteiger partial charge in [0.2, 0.25) is 0 Å². The molecule has 0 unspecified atom stereocenters. The molecule has 29 heavy (non-hydrogen) atoms. The standard InChI is InChI=1S/C24H33N5/c1-2-4-6-8-11-20(10-7-5-3-1)13-15-26-23-24-27-16-17-29(24)19-22(28-23)21-12-9-14-25-18-21/h9,12,14,16-20H,1-8,10-11,13,15H2,(H,26,28). The van der Waals surface area contributed by atoms with Crippen LogP contribution in [0.1, 0.15) is 70.6 Å². The van der Waals surface area contributed by atoms with Crippen LogP contribution in [0.3, 0.4) is 0 Å². The lowest BCUT2D eigenvalue weighted by molar-refractivity contribution is 0.397. The summed E-state index contributed by atoms with van der Waals surface area (Å²) in [7, 11) is 0. The van der Waals surface area contributed by atoms with E-state index >= 15 is 0 Å². The molecule has 0 radical (unpaired) electrons. The molecule has 1 N–H and O–H groups in total. The summed E-state index contributed by atoms with van der Waals surface area (Å²) in [4.78, 5) is 13.6. The van der Waals surface area contributed by atoms with Gasteiger partial charge in [-0.15, -0.1) is 0 Å². The van der Waals surface area contributed by atoms with E-state index in [0.29, 0.717) is 0 Å². The third kappa shape index (κ3) is 5.55. The van der Waals surface area contributed by atoms with E-state index in [4.69, 9.17) is 4.98 Å². The molecule has 3 aromatic heterocycles. The second-order valence-corrected chi connectivity index (χ2v) is 8.36. The van der Waals surface area contributed by atoms with Crippen LogP contribution in [0.15, 0.2) is 43.1 Å². The number of hydrogen-bond acceptors (Lipinski definition) is 4. The number of nitrogens with zero attached hydrogens (tertiary/aromatic N) is 4. The van der Waals surface area contributed by atoms with Gasteiger partial charge in [-0.1, -0.05) is 64.2 Å². The average molecular weight is 392 g/mol. The van der Waals surface area contributed by atoms with Gasteiger partial charge in [-0.3, -0.25) is 4.98 Å². The van der Waals surface area contributed by atoms with Crippen LogP contribution >= 0.6 is 0 Å². The molecule has 0 bridgehead atoms. The van der Waals surface area contributed by atoms with E-state index in [-0.39, 0.29) is 0 Å². The van der Waals surface area contributed by atoms with Crippen molar-refractivity contribution in [1.29, 1.82) is 0 Å². The molecule has 5 nitrogen and oxygen atoms in total. The van der Waals surface area contributed by atoms with Gasteiger partial charge in [-0.05, 0) is 24.5 Å². The van der Waals surface area contributed by atoms with E-state index in [1.807, 2.05) is 41.3 Å². The lowest BCUT2D eigenvalue weighted by Gasteiger charge is -2.17. The SMILES string of the molecule is c1cncc(-c2cn3ccnc3c(NCCC3CCCCCCCCCC3)n2)c1. The third-order valence-corrected chi connectivity index (χ3v) is 6.15. The second-order valence-electron chi connectivity index (χ2n) is 8.36. The zero-order chi connectivity index (χ0) is 19.7. The number of fused-ring (bicyclic) bond motifs is 1. The Balaban J connectivity index is 1.41. The molecule has 1 fully saturated rings. The van der Waals surface area contributed by atoms with Gasteiger partial charge >= 0.3 is 0 Å². The summed E-state index contributed by atoms with van der Waals surface area (Å²) in [6.07, 6.45) is 24.8. The Morgan fingerprint density at radius 2 is 1.72 bits per heavy atom. The molecule has 0 spiro atoms. The molecule has 3 aromatic rings. The second kappa shape index (κ2) is 10.4. The van der Waals surface area contributed by atoms with Crippen LogP contribution in [-0.2, 0) is 0 Å². The first-order valence-corrected chi connectivity index (χ1v) is 11.4. The Labute approximate surface area is 174 Å². The molecule has 0 aromatic carbocycles. The first-order chi connectivity index (χ1) is 14.4. The van der Waals surface area contributed by atoms with Crippen molar-refractivity contribution in [2.45, 2.75) is 70.6 Å². The van der Waals surface area contributed by atoms with Crippen LogP contribution < -0.4 is 5.32 Å². The van der Waals surface area contributed by atoms with Crippen molar-refractivity contribution in [3.8, 4) is 11.3 Å². The zero-order valence-corrected chi connectivity index (χ0v) is 17.4. The van der Waals surface area contributed by atoms with Gasteiger partial charge < -0.3 is 9.72 Å². The fourth-order valence-electron chi connectivity index (χ4n) is 4.46. The number of pyridine rings is 1. The Morgan fingerprint density at radius 3 is 2.45 bits per heavy atom. The molecule has 1 aliphatic rings. The van der Waals surface area contributed by atoms with Crippen LogP contribution in [0.25, 0.3) is 16.9 Å². The molecule has 4 rings (SSSR count). The highest BCUT2D eigenvalue weighted by molar-refractivity contribution is 5.68. The molecule has 5 heteroatoms. The van der Waals surface area contributed by atoms with Gasteiger partial charge in [0.15, 0.2) is 11.5 Å². The van der Waals surface area contributed by atoms with Crippen LogP contribution in [0.5, 0.6) is 0 Å². The Morgan fingerprint density at radius 1 is 0.966 bits per heavy atom. The Hall–Kier alpha value is -2.43. The first-order valence-electron chi connectivity index (χ1n) is 11.4. The van der Waals surface area contributed by atoms with Crippen LogP contribution in [0.4, 0.5) is 5.82 Å². The Kier molecular flexibility index (Phi) is 7.11. The van der Waals surface area contributed by atoms with Crippen LogP contribution in [0.2, 0.25) is 0 Å². The smallest absolute Gasteiger partial charge is 0.180 e. The summed E-state index contributed by atoms with van der Waals surface area (Å²) in [6, 6.07) is 3.99. The molecular weight excluding hydrogens is 358 g/mol. The molecule has 0 atom stereocenters. The van der Waals surface area contributed by atoms with E-state index in [2.05, 4.69) is 15.3 Å². The highest BCUT2D eigenvalue weighted by atomic mass is 15.1. The van der Waals surface area contributed by atoms with Crippen molar-refractivity contribution in [2.75, 3.05) is 11.9 Å². The largest absolute Gasteiger partial charge is 0.367 e.